The first-order valence-corrected chi connectivity index (χ1v) is 10.3. The number of nitrogens with one attached hydrogen (secondary N) is 1. The van der Waals surface area contributed by atoms with Gasteiger partial charge >= 0.3 is 0 Å². The number of rotatable bonds is 3. The van der Waals surface area contributed by atoms with Crippen LogP contribution in [0.15, 0.2) is 81.7 Å². The highest BCUT2D eigenvalue weighted by atomic mass is 79.9. The quantitative estimate of drug-likeness (QED) is 0.333. The molecular formula is C23H16Br2N2O. The molecule has 0 atom stereocenters. The molecule has 3 nitrogen and oxygen atoms in total. The zero-order chi connectivity index (χ0) is 19.7. The molecule has 0 radical (unpaired) electrons. The van der Waals surface area contributed by atoms with Crippen LogP contribution in [0.1, 0.15) is 15.9 Å². The summed E-state index contributed by atoms with van der Waals surface area (Å²) >= 11 is 6.93. The Kier molecular flexibility index (Phi) is 5.29. The Morgan fingerprint density at radius 3 is 2.54 bits per heavy atom. The van der Waals surface area contributed by atoms with Crippen LogP contribution in [0.25, 0.3) is 22.2 Å². The number of hydrogen-bond acceptors (Lipinski definition) is 2. The molecule has 3 aromatic carbocycles. The first-order valence-electron chi connectivity index (χ1n) is 8.74. The number of fused-ring (bicyclic) bond motifs is 1. The van der Waals surface area contributed by atoms with Crippen molar-refractivity contribution in [3.8, 4) is 11.3 Å². The maximum atomic E-state index is 13.1. The Morgan fingerprint density at radius 2 is 1.75 bits per heavy atom. The van der Waals surface area contributed by atoms with E-state index in [0.29, 0.717) is 11.3 Å². The van der Waals surface area contributed by atoms with Crippen LogP contribution in [0.4, 0.5) is 5.69 Å². The summed E-state index contributed by atoms with van der Waals surface area (Å²) < 4.78 is 1.75. The molecule has 4 aromatic rings. The van der Waals surface area contributed by atoms with Crippen molar-refractivity contribution in [1.29, 1.82) is 0 Å². The van der Waals surface area contributed by atoms with Gasteiger partial charge in [-0.25, -0.2) is 4.98 Å². The van der Waals surface area contributed by atoms with Crippen LogP contribution in [-0.4, -0.2) is 10.9 Å². The molecule has 28 heavy (non-hydrogen) atoms. The number of nitrogens with zero attached hydrogens (tertiary/aromatic N) is 1. The third-order valence-corrected chi connectivity index (χ3v) is 5.60. The Hall–Kier alpha value is -2.50. The van der Waals surface area contributed by atoms with Crippen molar-refractivity contribution in [3.63, 3.8) is 0 Å². The lowest BCUT2D eigenvalue weighted by molar-refractivity contribution is 0.102. The van der Waals surface area contributed by atoms with E-state index in [-0.39, 0.29) is 5.91 Å². The molecule has 0 unspecified atom stereocenters. The molecule has 0 aliphatic heterocycles. The molecule has 0 aliphatic carbocycles. The van der Waals surface area contributed by atoms with E-state index in [0.717, 1.165) is 36.7 Å². The number of anilines is 1. The van der Waals surface area contributed by atoms with Crippen molar-refractivity contribution in [2.24, 2.45) is 0 Å². The molecule has 1 heterocycles. The van der Waals surface area contributed by atoms with E-state index in [1.807, 2.05) is 73.7 Å². The van der Waals surface area contributed by atoms with Crippen molar-refractivity contribution in [2.45, 2.75) is 6.92 Å². The number of aromatic nitrogens is 1. The Labute approximate surface area is 180 Å². The van der Waals surface area contributed by atoms with Crippen LogP contribution >= 0.6 is 31.9 Å². The average Bonchev–Trinajstić information content (AvgIpc) is 2.69. The first kappa shape index (κ1) is 18.8. The number of para-hydroxylation sites is 1. The van der Waals surface area contributed by atoms with Crippen LogP contribution in [0.2, 0.25) is 0 Å². The lowest BCUT2D eigenvalue weighted by Gasteiger charge is -2.12. The highest BCUT2D eigenvalue weighted by molar-refractivity contribution is 9.11. The maximum Gasteiger partial charge on any atom is 0.256 e. The molecular weight excluding hydrogens is 480 g/mol. The average molecular weight is 496 g/mol. The summed E-state index contributed by atoms with van der Waals surface area (Å²) in [7, 11) is 0. The first-order chi connectivity index (χ1) is 13.5. The molecule has 0 bridgehead atoms. The molecule has 5 heteroatoms. The highest BCUT2D eigenvalue weighted by Crippen LogP contribution is 2.29. The fourth-order valence-electron chi connectivity index (χ4n) is 3.10. The Balaban J connectivity index is 1.81. The van der Waals surface area contributed by atoms with Gasteiger partial charge in [0, 0.05) is 19.9 Å². The second kappa shape index (κ2) is 7.86. The van der Waals surface area contributed by atoms with E-state index >= 15 is 0 Å². The Bertz CT molecular complexity index is 1200. The smallest absolute Gasteiger partial charge is 0.256 e. The van der Waals surface area contributed by atoms with Gasteiger partial charge in [-0.1, -0.05) is 57.9 Å². The van der Waals surface area contributed by atoms with Gasteiger partial charge in [0.15, 0.2) is 0 Å². The number of carbonyl (C=O) groups is 1. The van der Waals surface area contributed by atoms with Gasteiger partial charge in [-0.3, -0.25) is 4.79 Å². The van der Waals surface area contributed by atoms with Gasteiger partial charge < -0.3 is 5.32 Å². The summed E-state index contributed by atoms with van der Waals surface area (Å²) in [4.78, 5) is 17.9. The second-order valence-corrected chi connectivity index (χ2v) is 8.29. The largest absolute Gasteiger partial charge is 0.321 e. The molecule has 4 rings (SSSR count). The number of benzene rings is 3. The fourth-order valence-corrected chi connectivity index (χ4v) is 4.24. The van der Waals surface area contributed by atoms with Crippen molar-refractivity contribution in [1.82, 2.24) is 4.98 Å². The van der Waals surface area contributed by atoms with Crippen molar-refractivity contribution in [2.75, 3.05) is 5.32 Å². The fraction of sp³-hybridized carbons (Fsp3) is 0.0435. The number of carbonyl (C=O) groups excluding carboxylic acids is 1. The molecule has 0 aliphatic rings. The lowest BCUT2D eigenvalue weighted by atomic mass is 10.0. The van der Waals surface area contributed by atoms with Gasteiger partial charge in [0.2, 0.25) is 0 Å². The molecule has 1 N–H and O–H groups in total. The number of halogens is 2. The Morgan fingerprint density at radius 1 is 0.929 bits per heavy atom. The van der Waals surface area contributed by atoms with E-state index in [2.05, 4.69) is 43.2 Å². The molecule has 138 valence electrons. The van der Waals surface area contributed by atoms with Gasteiger partial charge in [0.25, 0.3) is 5.91 Å². The standard InChI is InChI=1S/C23H16Br2N2O/c1-14-5-4-6-15(11-14)22-13-18(17-7-2-3-8-20(17)26-22)23(28)27-21-10-9-16(24)12-19(21)25/h2-13H,1H3,(H,27,28). The van der Waals surface area contributed by atoms with Gasteiger partial charge in [0.1, 0.15) is 0 Å². The van der Waals surface area contributed by atoms with Crippen LogP contribution in [0.3, 0.4) is 0 Å². The molecule has 1 aromatic heterocycles. The van der Waals surface area contributed by atoms with E-state index in [9.17, 15) is 4.79 Å². The molecule has 0 saturated heterocycles. The topological polar surface area (TPSA) is 42.0 Å². The molecule has 0 spiro atoms. The number of hydrogen-bond donors (Lipinski definition) is 1. The lowest BCUT2D eigenvalue weighted by Crippen LogP contribution is -2.13. The number of aryl methyl sites for hydroxylation is 1. The van der Waals surface area contributed by atoms with E-state index in [4.69, 9.17) is 4.98 Å². The summed E-state index contributed by atoms with van der Waals surface area (Å²) in [5.41, 5.74) is 5.02. The normalized spacial score (nSPS) is 10.8. The summed E-state index contributed by atoms with van der Waals surface area (Å²) in [5.74, 6) is -0.171. The van der Waals surface area contributed by atoms with Gasteiger partial charge in [-0.2, -0.15) is 0 Å². The van der Waals surface area contributed by atoms with Gasteiger partial charge in [-0.05, 0) is 59.3 Å². The summed E-state index contributed by atoms with van der Waals surface area (Å²) in [5, 5.41) is 3.83. The van der Waals surface area contributed by atoms with Crippen LogP contribution in [-0.2, 0) is 0 Å². The minimum atomic E-state index is -0.171. The van der Waals surface area contributed by atoms with Crippen LogP contribution < -0.4 is 5.32 Å². The zero-order valence-corrected chi connectivity index (χ0v) is 18.2. The zero-order valence-electron chi connectivity index (χ0n) is 15.0. The predicted octanol–water partition coefficient (Wildman–Crippen LogP) is 6.99. The predicted molar refractivity (Wildman–Crippen MR) is 122 cm³/mol. The van der Waals surface area contributed by atoms with Gasteiger partial charge in [-0.15, -0.1) is 0 Å². The van der Waals surface area contributed by atoms with Crippen molar-refractivity contribution < 1.29 is 4.79 Å². The molecule has 1 amide bonds. The second-order valence-electron chi connectivity index (χ2n) is 6.52. The van der Waals surface area contributed by atoms with E-state index in [1.165, 1.54) is 0 Å². The minimum absolute atomic E-state index is 0.171. The van der Waals surface area contributed by atoms with Crippen LogP contribution in [0, 0.1) is 6.92 Å². The summed E-state index contributed by atoms with van der Waals surface area (Å²) in [6.45, 7) is 2.04. The number of amides is 1. The maximum absolute atomic E-state index is 13.1. The van der Waals surface area contributed by atoms with Gasteiger partial charge in [0.05, 0.1) is 22.5 Å². The SMILES string of the molecule is Cc1cccc(-c2cc(C(=O)Nc3ccc(Br)cc3Br)c3ccccc3n2)c1. The molecule has 0 fully saturated rings. The van der Waals surface area contributed by atoms with E-state index in [1.54, 1.807) is 0 Å². The van der Waals surface area contributed by atoms with Crippen molar-refractivity contribution in [3.05, 3.63) is 92.9 Å². The highest BCUT2D eigenvalue weighted by Gasteiger charge is 2.15. The minimum Gasteiger partial charge on any atom is -0.321 e. The van der Waals surface area contributed by atoms with Crippen molar-refractivity contribution >= 4 is 54.4 Å². The molecule has 0 saturated carbocycles. The summed E-state index contributed by atoms with van der Waals surface area (Å²) in [6, 6.07) is 23.3. The monoisotopic (exact) mass is 494 g/mol. The van der Waals surface area contributed by atoms with Crippen LogP contribution in [0.5, 0.6) is 0 Å². The number of pyridine rings is 1. The van der Waals surface area contributed by atoms with E-state index < -0.39 is 0 Å². The summed E-state index contributed by atoms with van der Waals surface area (Å²) in [6.07, 6.45) is 0. The third-order valence-electron chi connectivity index (χ3n) is 4.45. The third kappa shape index (κ3) is 3.86.